The Bertz CT molecular complexity index is 1260. The van der Waals surface area contributed by atoms with Gasteiger partial charge in [0.25, 0.3) is 10.0 Å². The molecule has 4 rings (SSSR count). The van der Waals surface area contributed by atoms with Crippen molar-refractivity contribution in [2.45, 2.75) is 25.2 Å². The van der Waals surface area contributed by atoms with E-state index in [0.717, 1.165) is 17.5 Å². The third-order valence-corrected chi connectivity index (χ3v) is 6.08. The summed E-state index contributed by atoms with van der Waals surface area (Å²) in [5.74, 6) is 1.23. The lowest BCUT2D eigenvalue weighted by Crippen LogP contribution is -2.13. The Hall–Kier alpha value is -3.45. The third-order valence-electron chi connectivity index (χ3n) is 4.69. The maximum atomic E-state index is 12.8. The first-order valence-electron chi connectivity index (χ1n) is 10.0. The highest BCUT2D eigenvalue weighted by molar-refractivity contribution is 7.92. The smallest absolute Gasteiger partial charge is 0.261 e. The zero-order chi connectivity index (χ0) is 21.8. The molecule has 31 heavy (non-hydrogen) atoms. The number of aromatic nitrogens is 2. The molecular formula is C24H23N3O3S. The monoisotopic (exact) mass is 433 g/mol. The zero-order valence-electron chi connectivity index (χ0n) is 17.3. The third kappa shape index (κ3) is 5.00. The quantitative estimate of drug-likeness (QED) is 0.422. The molecule has 0 saturated carbocycles. The molecule has 0 fully saturated rings. The first-order valence-corrected chi connectivity index (χ1v) is 11.5. The maximum Gasteiger partial charge on any atom is 0.261 e. The van der Waals surface area contributed by atoms with E-state index in [1.165, 1.54) is 0 Å². The second-order valence-electron chi connectivity index (χ2n) is 7.71. The first kappa shape index (κ1) is 20.8. The van der Waals surface area contributed by atoms with Gasteiger partial charge >= 0.3 is 0 Å². The van der Waals surface area contributed by atoms with Gasteiger partial charge < -0.3 is 4.42 Å². The Morgan fingerprint density at radius 2 is 1.48 bits per heavy atom. The summed E-state index contributed by atoms with van der Waals surface area (Å²) in [6.07, 6.45) is 0.908. The van der Waals surface area contributed by atoms with E-state index in [2.05, 4.69) is 28.8 Å². The summed E-state index contributed by atoms with van der Waals surface area (Å²) in [5, 5.41) is 8.19. The molecule has 158 valence electrons. The van der Waals surface area contributed by atoms with Gasteiger partial charge in [-0.1, -0.05) is 50.2 Å². The van der Waals surface area contributed by atoms with Crippen LogP contribution in [0.5, 0.6) is 0 Å². The molecule has 0 amide bonds. The van der Waals surface area contributed by atoms with Crippen LogP contribution in [0.1, 0.15) is 19.4 Å². The van der Waals surface area contributed by atoms with Crippen LogP contribution in [-0.2, 0) is 16.4 Å². The van der Waals surface area contributed by atoms with E-state index >= 15 is 0 Å². The van der Waals surface area contributed by atoms with E-state index in [1.807, 2.05) is 42.5 Å². The van der Waals surface area contributed by atoms with E-state index < -0.39 is 10.0 Å². The van der Waals surface area contributed by atoms with Crippen LogP contribution in [0, 0.1) is 5.92 Å². The van der Waals surface area contributed by atoms with Gasteiger partial charge in [0, 0.05) is 16.8 Å². The van der Waals surface area contributed by atoms with E-state index in [4.69, 9.17) is 4.42 Å². The fourth-order valence-electron chi connectivity index (χ4n) is 3.24. The van der Waals surface area contributed by atoms with Crippen molar-refractivity contribution in [1.82, 2.24) is 10.2 Å². The molecular weight excluding hydrogens is 410 g/mol. The van der Waals surface area contributed by atoms with E-state index in [1.54, 1.807) is 36.4 Å². The number of hydrogen-bond acceptors (Lipinski definition) is 5. The Balaban J connectivity index is 1.54. The summed E-state index contributed by atoms with van der Waals surface area (Å²) < 4.78 is 34.0. The van der Waals surface area contributed by atoms with Crippen LogP contribution in [0.15, 0.2) is 88.2 Å². The van der Waals surface area contributed by atoms with Gasteiger partial charge in [0.1, 0.15) is 0 Å². The van der Waals surface area contributed by atoms with Crippen molar-refractivity contribution in [2.75, 3.05) is 4.72 Å². The van der Waals surface area contributed by atoms with Crippen LogP contribution in [0.3, 0.4) is 0 Å². The van der Waals surface area contributed by atoms with Crippen LogP contribution < -0.4 is 4.72 Å². The molecule has 0 aliphatic heterocycles. The molecule has 0 bridgehead atoms. The van der Waals surface area contributed by atoms with E-state index in [0.29, 0.717) is 29.0 Å². The van der Waals surface area contributed by atoms with Crippen molar-refractivity contribution in [2.24, 2.45) is 5.92 Å². The topological polar surface area (TPSA) is 85.1 Å². The number of nitrogens with zero attached hydrogens (tertiary/aromatic N) is 2. The average molecular weight is 434 g/mol. The normalized spacial score (nSPS) is 11.6. The summed E-state index contributed by atoms with van der Waals surface area (Å²) in [6, 6.07) is 23.3. The van der Waals surface area contributed by atoms with Crippen molar-refractivity contribution in [1.29, 1.82) is 0 Å². The Morgan fingerprint density at radius 3 is 2.16 bits per heavy atom. The van der Waals surface area contributed by atoms with Crippen LogP contribution in [0.2, 0.25) is 0 Å². The van der Waals surface area contributed by atoms with Crippen LogP contribution in [0.4, 0.5) is 5.69 Å². The molecule has 4 aromatic rings. The minimum Gasteiger partial charge on any atom is -0.416 e. The molecule has 1 heterocycles. The molecule has 0 radical (unpaired) electrons. The molecule has 0 atom stereocenters. The minimum absolute atomic E-state index is 0.217. The lowest BCUT2D eigenvalue weighted by Gasteiger charge is -2.10. The van der Waals surface area contributed by atoms with Gasteiger partial charge in [0.05, 0.1) is 4.90 Å². The first-order chi connectivity index (χ1) is 14.9. The van der Waals surface area contributed by atoms with Gasteiger partial charge in [-0.2, -0.15) is 0 Å². The van der Waals surface area contributed by atoms with Crippen molar-refractivity contribution in [3.8, 4) is 22.9 Å². The largest absolute Gasteiger partial charge is 0.416 e. The van der Waals surface area contributed by atoms with Crippen molar-refractivity contribution < 1.29 is 12.8 Å². The molecule has 3 aromatic carbocycles. The van der Waals surface area contributed by atoms with Crippen molar-refractivity contribution >= 4 is 15.7 Å². The Kier molecular flexibility index (Phi) is 5.86. The number of sulfonamides is 1. The molecule has 0 spiro atoms. The standard InChI is InChI=1S/C24H23N3O3S/c1-17(2)15-18-11-13-22(14-12-18)31(28,29)27-21-10-6-9-20(16-21)24-26-25-23(30-24)19-7-4-3-5-8-19/h3-14,16-17,27H,15H2,1-2H3. The van der Waals surface area contributed by atoms with E-state index in [-0.39, 0.29) is 4.90 Å². The molecule has 0 saturated heterocycles. The lowest BCUT2D eigenvalue weighted by molar-refractivity contribution is 0.584. The lowest BCUT2D eigenvalue weighted by atomic mass is 10.0. The number of hydrogen-bond donors (Lipinski definition) is 1. The molecule has 0 unspecified atom stereocenters. The fraction of sp³-hybridized carbons (Fsp3) is 0.167. The van der Waals surface area contributed by atoms with Gasteiger partial charge in [-0.05, 0) is 60.4 Å². The summed E-state index contributed by atoms with van der Waals surface area (Å²) in [6.45, 7) is 4.26. The fourth-order valence-corrected chi connectivity index (χ4v) is 4.29. The van der Waals surface area contributed by atoms with Gasteiger partial charge in [-0.25, -0.2) is 8.42 Å². The van der Waals surface area contributed by atoms with Crippen molar-refractivity contribution in [3.63, 3.8) is 0 Å². The second kappa shape index (κ2) is 8.73. The number of rotatable bonds is 7. The van der Waals surface area contributed by atoms with Gasteiger partial charge in [-0.15, -0.1) is 10.2 Å². The van der Waals surface area contributed by atoms with Gasteiger partial charge in [-0.3, -0.25) is 4.72 Å². The second-order valence-corrected chi connectivity index (χ2v) is 9.39. The van der Waals surface area contributed by atoms with Crippen LogP contribution in [0.25, 0.3) is 22.9 Å². The van der Waals surface area contributed by atoms with Gasteiger partial charge in [0.15, 0.2) is 0 Å². The molecule has 6 nitrogen and oxygen atoms in total. The van der Waals surface area contributed by atoms with Crippen molar-refractivity contribution in [3.05, 3.63) is 84.4 Å². The summed E-state index contributed by atoms with van der Waals surface area (Å²) in [4.78, 5) is 0.217. The number of nitrogens with one attached hydrogen (secondary N) is 1. The predicted octanol–water partition coefficient (Wildman–Crippen LogP) is 5.40. The predicted molar refractivity (Wildman–Crippen MR) is 121 cm³/mol. The summed E-state index contributed by atoms with van der Waals surface area (Å²) in [7, 11) is -3.71. The minimum atomic E-state index is -3.71. The average Bonchev–Trinajstić information content (AvgIpc) is 3.25. The zero-order valence-corrected chi connectivity index (χ0v) is 18.1. The number of anilines is 1. The van der Waals surface area contributed by atoms with Crippen LogP contribution >= 0.6 is 0 Å². The highest BCUT2D eigenvalue weighted by Gasteiger charge is 2.16. The highest BCUT2D eigenvalue weighted by Crippen LogP contribution is 2.26. The van der Waals surface area contributed by atoms with E-state index in [9.17, 15) is 8.42 Å². The Morgan fingerprint density at radius 1 is 0.839 bits per heavy atom. The molecule has 0 aliphatic carbocycles. The molecule has 1 N–H and O–H groups in total. The number of benzene rings is 3. The summed E-state index contributed by atoms with van der Waals surface area (Å²) in [5.41, 5.74) is 2.98. The molecule has 7 heteroatoms. The molecule has 0 aliphatic rings. The maximum absolute atomic E-state index is 12.8. The van der Waals surface area contributed by atoms with Crippen LogP contribution in [-0.4, -0.2) is 18.6 Å². The highest BCUT2D eigenvalue weighted by atomic mass is 32.2. The molecule has 1 aromatic heterocycles. The summed E-state index contributed by atoms with van der Waals surface area (Å²) >= 11 is 0. The Labute approximate surface area is 182 Å². The SMILES string of the molecule is CC(C)Cc1ccc(S(=O)(=O)Nc2cccc(-c3nnc(-c4ccccc4)o3)c2)cc1. The van der Waals surface area contributed by atoms with Gasteiger partial charge in [0.2, 0.25) is 11.8 Å².